The number of piperidine rings is 1. The van der Waals surface area contributed by atoms with Gasteiger partial charge < -0.3 is 10.6 Å². The van der Waals surface area contributed by atoms with E-state index in [-0.39, 0.29) is 6.04 Å². The number of likely N-dealkylation sites (tertiary alicyclic amines) is 2. The lowest BCUT2D eigenvalue weighted by Gasteiger charge is -2.36. The molecule has 0 aromatic carbocycles. The van der Waals surface area contributed by atoms with E-state index in [0.29, 0.717) is 11.9 Å². The van der Waals surface area contributed by atoms with Crippen molar-refractivity contribution in [2.45, 2.75) is 57.5 Å². The zero-order valence-electron chi connectivity index (χ0n) is 11.6. The van der Waals surface area contributed by atoms with Crippen molar-refractivity contribution < 1.29 is 4.79 Å². The lowest BCUT2D eigenvalue weighted by molar-refractivity contribution is -0.136. The second-order valence-corrected chi connectivity index (χ2v) is 5.79. The number of hydrogen-bond donors (Lipinski definition) is 1. The second kappa shape index (κ2) is 6.53. The highest BCUT2D eigenvalue weighted by atomic mass is 16.2. The van der Waals surface area contributed by atoms with Crippen LogP contribution in [-0.4, -0.2) is 54.0 Å². The first kappa shape index (κ1) is 13.8. The molecule has 4 heteroatoms. The summed E-state index contributed by atoms with van der Waals surface area (Å²) in [6.07, 6.45) is 6.94. The Bertz CT molecular complexity index is 266. The molecule has 1 amide bonds. The van der Waals surface area contributed by atoms with Crippen LogP contribution in [0.1, 0.15) is 45.4 Å². The van der Waals surface area contributed by atoms with Crippen molar-refractivity contribution in [3.8, 4) is 0 Å². The van der Waals surface area contributed by atoms with Gasteiger partial charge in [0.1, 0.15) is 0 Å². The summed E-state index contributed by atoms with van der Waals surface area (Å²) in [5, 5.41) is 0. The highest BCUT2D eigenvalue weighted by molar-refractivity contribution is 5.81. The van der Waals surface area contributed by atoms with Gasteiger partial charge in [0.2, 0.25) is 5.91 Å². The van der Waals surface area contributed by atoms with Crippen LogP contribution in [-0.2, 0) is 4.79 Å². The van der Waals surface area contributed by atoms with E-state index < -0.39 is 0 Å². The number of nitrogens with two attached hydrogens (primary N) is 1. The Morgan fingerprint density at radius 1 is 1.06 bits per heavy atom. The smallest absolute Gasteiger partial charge is 0.239 e. The van der Waals surface area contributed by atoms with Crippen molar-refractivity contribution in [2.24, 2.45) is 5.73 Å². The van der Waals surface area contributed by atoms with E-state index in [2.05, 4.69) is 16.7 Å². The molecule has 2 saturated heterocycles. The zero-order valence-corrected chi connectivity index (χ0v) is 11.6. The first-order valence-electron chi connectivity index (χ1n) is 7.47. The second-order valence-electron chi connectivity index (χ2n) is 5.79. The molecular weight excluding hydrogens is 226 g/mol. The van der Waals surface area contributed by atoms with E-state index in [0.717, 1.165) is 39.0 Å². The van der Waals surface area contributed by atoms with E-state index in [1.165, 1.54) is 25.7 Å². The molecule has 1 unspecified atom stereocenters. The van der Waals surface area contributed by atoms with E-state index in [1.807, 2.05) is 0 Å². The summed E-state index contributed by atoms with van der Waals surface area (Å²) in [6.45, 7) is 5.92. The van der Waals surface area contributed by atoms with Gasteiger partial charge >= 0.3 is 0 Å². The Kier molecular flexibility index (Phi) is 5.01. The van der Waals surface area contributed by atoms with Crippen LogP contribution in [0.4, 0.5) is 0 Å². The first-order chi connectivity index (χ1) is 8.68. The van der Waals surface area contributed by atoms with Crippen LogP contribution in [0.5, 0.6) is 0 Å². The summed E-state index contributed by atoms with van der Waals surface area (Å²) in [7, 11) is 0. The molecule has 2 fully saturated rings. The summed E-state index contributed by atoms with van der Waals surface area (Å²) in [6, 6.07) is 0.373. The molecule has 0 spiro atoms. The fourth-order valence-corrected chi connectivity index (χ4v) is 3.02. The molecule has 0 saturated carbocycles. The maximum atomic E-state index is 12.5. The molecule has 2 N–H and O–H groups in total. The lowest BCUT2D eigenvalue weighted by atomic mass is 10.0. The van der Waals surface area contributed by atoms with Crippen molar-refractivity contribution in [3.63, 3.8) is 0 Å². The van der Waals surface area contributed by atoms with Gasteiger partial charge in [-0.15, -0.1) is 0 Å². The Balaban J connectivity index is 1.87. The third kappa shape index (κ3) is 3.45. The molecule has 0 aromatic heterocycles. The Morgan fingerprint density at radius 2 is 1.61 bits per heavy atom. The van der Waals surface area contributed by atoms with E-state index in [1.54, 1.807) is 0 Å². The molecule has 2 rings (SSSR count). The molecule has 1 atom stereocenters. The maximum absolute atomic E-state index is 12.5. The Morgan fingerprint density at radius 3 is 2.17 bits per heavy atom. The van der Waals surface area contributed by atoms with Gasteiger partial charge in [0, 0.05) is 32.2 Å². The zero-order chi connectivity index (χ0) is 13.0. The van der Waals surface area contributed by atoms with Crippen LogP contribution in [0, 0.1) is 0 Å². The number of carbonyl (C=O) groups is 1. The molecule has 4 nitrogen and oxygen atoms in total. The maximum Gasteiger partial charge on any atom is 0.239 e. The van der Waals surface area contributed by atoms with Gasteiger partial charge in [-0.1, -0.05) is 12.8 Å². The van der Waals surface area contributed by atoms with Gasteiger partial charge in [-0.2, -0.15) is 0 Å². The molecule has 2 aliphatic rings. The summed E-state index contributed by atoms with van der Waals surface area (Å²) < 4.78 is 0. The largest absolute Gasteiger partial charge is 0.341 e. The average molecular weight is 253 g/mol. The SMILES string of the molecule is CC(C(=O)N1CCCCCC1)N1CCC(N)CC1. The van der Waals surface area contributed by atoms with Crippen molar-refractivity contribution in [2.75, 3.05) is 26.2 Å². The monoisotopic (exact) mass is 253 g/mol. The van der Waals surface area contributed by atoms with Crippen molar-refractivity contribution in [3.05, 3.63) is 0 Å². The van der Waals surface area contributed by atoms with Crippen LogP contribution in [0.3, 0.4) is 0 Å². The standard InChI is InChI=1S/C14H27N3O/c1-12(16-10-6-13(15)7-11-16)14(18)17-8-4-2-3-5-9-17/h12-13H,2-11,15H2,1H3. The van der Waals surface area contributed by atoms with Gasteiger partial charge in [0.05, 0.1) is 6.04 Å². The third-order valence-corrected chi connectivity index (χ3v) is 4.40. The van der Waals surface area contributed by atoms with Crippen LogP contribution in [0.2, 0.25) is 0 Å². The minimum Gasteiger partial charge on any atom is -0.341 e. The molecule has 18 heavy (non-hydrogen) atoms. The minimum atomic E-state index is 0.0376. The number of carbonyl (C=O) groups excluding carboxylic acids is 1. The summed E-state index contributed by atoms with van der Waals surface area (Å²) >= 11 is 0. The molecule has 104 valence electrons. The normalized spacial score (nSPS) is 25.8. The Hall–Kier alpha value is -0.610. The van der Waals surface area contributed by atoms with Crippen LogP contribution >= 0.6 is 0 Å². The van der Waals surface area contributed by atoms with Gasteiger partial charge in [-0.3, -0.25) is 9.69 Å². The molecule has 0 aromatic rings. The van der Waals surface area contributed by atoms with Crippen molar-refractivity contribution in [1.82, 2.24) is 9.80 Å². The van der Waals surface area contributed by atoms with E-state index in [4.69, 9.17) is 5.73 Å². The van der Waals surface area contributed by atoms with Gasteiger partial charge in [-0.25, -0.2) is 0 Å². The summed E-state index contributed by atoms with van der Waals surface area (Å²) in [5.74, 6) is 0.326. The molecular formula is C14H27N3O. The highest BCUT2D eigenvalue weighted by Gasteiger charge is 2.28. The van der Waals surface area contributed by atoms with Gasteiger partial charge in [-0.05, 0) is 32.6 Å². The number of hydrogen-bond acceptors (Lipinski definition) is 3. The molecule has 0 aliphatic carbocycles. The van der Waals surface area contributed by atoms with Gasteiger partial charge in [0.25, 0.3) is 0 Å². The quantitative estimate of drug-likeness (QED) is 0.804. The highest BCUT2D eigenvalue weighted by Crippen LogP contribution is 2.16. The number of nitrogens with zero attached hydrogens (tertiary/aromatic N) is 2. The first-order valence-corrected chi connectivity index (χ1v) is 7.47. The molecule has 0 radical (unpaired) electrons. The number of rotatable bonds is 2. The van der Waals surface area contributed by atoms with Crippen LogP contribution < -0.4 is 5.73 Å². The average Bonchev–Trinajstić information content (AvgIpc) is 2.67. The van der Waals surface area contributed by atoms with Crippen molar-refractivity contribution >= 4 is 5.91 Å². The predicted octanol–water partition coefficient (Wildman–Crippen LogP) is 1.20. The Labute approximate surface area is 110 Å². The lowest BCUT2D eigenvalue weighted by Crippen LogP contribution is -2.51. The van der Waals surface area contributed by atoms with Crippen LogP contribution in [0.25, 0.3) is 0 Å². The van der Waals surface area contributed by atoms with E-state index >= 15 is 0 Å². The third-order valence-electron chi connectivity index (χ3n) is 4.40. The van der Waals surface area contributed by atoms with Crippen LogP contribution in [0.15, 0.2) is 0 Å². The van der Waals surface area contributed by atoms with Crippen molar-refractivity contribution in [1.29, 1.82) is 0 Å². The molecule has 0 bridgehead atoms. The topological polar surface area (TPSA) is 49.6 Å². The van der Waals surface area contributed by atoms with Gasteiger partial charge in [0.15, 0.2) is 0 Å². The number of amides is 1. The van der Waals surface area contributed by atoms with E-state index in [9.17, 15) is 4.79 Å². The molecule has 2 aliphatic heterocycles. The summed E-state index contributed by atoms with van der Waals surface area (Å²) in [4.78, 5) is 16.9. The predicted molar refractivity (Wildman–Crippen MR) is 73.3 cm³/mol. The minimum absolute atomic E-state index is 0.0376. The molecule has 2 heterocycles. The fourth-order valence-electron chi connectivity index (χ4n) is 3.02. The fraction of sp³-hybridized carbons (Fsp3) is 0.929. The summed E-state index contributed by atoms with van der Waals surface area (Å²) in [5.41, 5.74) is 5.91.